The van der Waals surface area contributed by atoms with Gasteiger partial charge in [-0.3, -0.25) is 14.9 Å². The van der Waals surface area contributed by atoms with Crippen LogP contribution in [0.1, 0.15) is 44.8 Å². The van der Waals surface area contributed by atoms with E-state index in [1.54, 1.807) is 23.5 Å². The van der Waals surface area contributed by atoms with Gasteiger partial charge in [0.25, 0.3) is 11.6 Å². The number of para-hydroxylation sites is 2. The summed E-state index contributed by atoms with van der Waals surface area (Å²) >= 11 is 1.62. The highest BCUT2D eigenvalue weighted by Gasteiger charge is 2.25. The summed E-state index contributed by atoms with van der Waals surface area (Å²) < 4.78 is 2.13. The number of carbonyl (C=O) groups excluding carboxylic acids is 1. The van der Waals surface area contributed by atoms with E-state index in [1.807, 2.05) is 54.9 Å². The first-order chi connectivity index (χ1) is 19.1. The van der Waals surface area contributed by atoms with Gasteiger partial charge in [-0.2, -0.15) is 0 Å². The number of amides is 1. The second-order valence-corrected chi connectivity index (χ2v) is 10.7. The van der Waals surface area contributed by atoms with Crippen LogP contribution in [-0.4, -0.2) is 21.6 Å². The molecular weight excluding hydrogens is 508 g/mol. The third-order valence-corrected chi connectivity index (χ3v) is 8.25. The molecule has 0 bridgehead atoms. The van der Waals surface area contributed by atoms with E-state index in [0.29, 0.717) is 12.1 Å². The molecule has 39 heavy (non-hydrogen) atoms. The molecule has 0 radical (unpaired) electrons. The molecule has 0 atom stereocenters. The molecule has 2 aromatic heterocycles. The van der Waals surface area contributed by atoms with Gasteiger partial charge >= 0.3 is 0 Å². The molecule has 0 unspecified atom stereocenters. The standard InChI is InChI=1S/C31H26N4O3S/c36-30(33-23-8-2-1-3-9-23)29-26-11-5-7-13-28(26)39-31(29)32-18-22-20-34(27-12-6-4-10-25(22)27)19-21-14-16-24(17-15-21)35(37)38/h1-4,6,8-10,12,14-18,20H,5,7,11,13,19H2,(H,33,36). The van der Waals surface area contributed by atoms with E-state index < -0.39 is 0 Å². The number of nitro benzene ring substituents is 1. The van der Waals surface area contributed by atoms with Crippen LogP contribution in [0.3, 0.4) is 0 Å². The summed E-state index contributed by atoms with van der Waals surface area (Å²) in [6.45, 7) is 0.574. The number of hydrogen-bond donors (Lipinski definition) is 1. The lowest BCUT2D eigenvalue weighted by atomic mass is 9.95. The number of fused-ring (bicyclic) bond motifs is 2. The van der Waals surface area contributed by atoms with E-state index in [9.17, 15) is 14.9 Å². The fourth-order valence-corrected chi connectivity index (χ4v) is 6.38. The van der Waals surface area contributed by atoms with E-state index in [1.165, 1.54) is 17.0 Å². The van der Waals surface area contributed by atoms with Crippen LogP contribution in [0, 0.1) is 10.1 Å². The average Bonchev–Trinajstić information content (AvgIpc) is 3.51. The Labute approximate surface area is 229 Å². The number of rotatable bonds is 7. The van der Waals surface area contributed by atoms with E-state index in [4.69, 9.17) is 4.99 Å². The van der Waals surface area contributed by atoms with Crippen molar-refractivity contribution in [2.45, 2.75) is 32.2 Å². The van der Waals surface area contributed by atoms with Gasteiger partial charge in [0, 0.05) is 58.1 Å². The molecule has 0 fully saturated rings. The van der Waals surface area contributed by atoms with Crippen LogP contribution in [0.4, 0.5) is 16.4 Å². The number of nitro groups is 1. The molecule has 1 aliphatic carbocycles. The Kier molecular flexibility index (Phi) is 6.77. The first-order valence-electron chi connectivity index (χ1n) is 12.9. The number of carbonyl (C=O) groups is 1. The molecule has 5 aromatic rings. The molecule has 3 aromatic carbocycles. The average molecular weight is 535 g/mol. The molecule has 0 saturated heterocycles. The van der Waals surface area contributed by atoms with Crippen molar-refractivity contribution in [3.8, 4) is 0 Å². The summed E-state index contributed by atoms with van der Waals surface area (Å²) in [6, 6.07) is 24.3. The summed E-state index contributed by atoms with van der Waals surface area (Å²) in [6.07, 6.45) is 7.99. The SMILES string of the molecule is O=C(Nc1ccccc1)c1c(N=Cc2cn(Cc3ccc([N+](=O)[O-])cc3)c3ccccc23)sc2c1CCCC2. The van der Waals surface area contributed by atoms with Gasteiger partial charge in [0.1, 0.15) is 5.00 Å². The van der Waals surface area contributed by atoms with Crippen LogP contribution >= 0.6 is 11.3 Å². The molecule has 8 heteroatoms. The third-order valence-electron chi connectivity index (χ3n) is 7.05. The van der Waals surface area contributed by atoms with Crippen molar-refractivity contribution in [3.05, 3.63) is 122 Å². The molecule has 0 spiro atoms. The number of anilines is 1. The zero-order valence-corrected chi connectivity index (χ0v) is 22.0. The van der Waals surface area contributed by atoms with Gasteiger partial charge < -0.3 is 9.88 Å². The summed E-state index contributed by atoms with van der Waals surface area (Å²) in [4.78, 5) is 30.2. The Morgan fingerprint density at radius 1 is 1.00 bits per heavy atom. The molecule has 1 amide bonds. The number of nitrogens with zero attached hydrogens (tertiary/aromatic N) is 3. The van der Waals surface area contributed by atoms with Gasteiger partial charge in [-0.15, -0.1) is 11.3 Å². The van der Waals surface area contributed by atoms with E-state index in [-0.39, 0.29) is 16.5 Å². The highest BCUT2D eigenvalue weighted by atomic mass is 32.1. The fourth-order valence-electron chi connectivity index (χ4n) is 5.15. The van der Waals surface area contributed by atoms with Crippen molar-refractivity contribution in [2.24, 2.45) is 4.99 Å². The van der Waals surface area contributed by atoms with Crippen molar-refractivity contribution in [2.75, 3.05) is 5.32 Å². The molecule has 0 saturated carbocycles. The molecule has 2 heterocycles. The first kappa shape index (κ1) is 24.8. The summed E-state index contributed by atoms with van der Waals surface area (Å²) in [7, 11) is 0. The van der Waals surface area contributed by atoms with Crippen LogP contribution in [0.15, 0.2) is 90.1 Å². The van der Waals surface area contributed by atoms with Crippen LogP contribution in [0.5, 0.6) is 0 Å². The first-order valence-corrected chi connectivity index (χ1v) is 13.7. The highest BCUT2D eigenvalue weighted by Crippen LogP contribution is 2.40. The number of aryl methyl sites for hydroxylation is 1. The number of hydrogen-bond acceptors (Lipinski definition) is 5. The van der Waals surface area contributed by atoms with E-state index in [2.05, 4.69) is 22.0 Å². The van der Waals surface area contributed by atoms with Crippen molar-refractivity contribution in [3.63, 3.8) is 0 Å². The van der Waals surface area contributed by atoms with Crippen molar-refractivity contribution in [1.29, 1.82) is 0 Å². The second-order valence-electron chi connectivity index (χ2n) is 9.62. The lowest BCUT2D eigenvalue weighted by Crippen LogP contribution is -2.14. The molecule has 0 aliphatic heterocycles. The number of aliphatic imine (C=N–C) groups is 1. The van der Waals surface area contributed by atoms with Crippen molar-refractivity contribution in [1.82, 2.24) is 4.57 Å². The van der Waals surface area contributed by atoms with E-state index in [0.717, 1.165) is 64.0 Å². The lowest BCUT2D eigenvalue weighted by Gasteiger charge is -2.12. The predicted molar refractivity (Wildman–Crippen MR) is 157 cm³/mol. The molecular formula is C31H26N4O3S. The number of non-ortho nitro benzene ring substituents is 1. The van der Waals surface area contributed by atoms with Gasteiger partial charge in [-0.05, 0) is 55.0 Å². The monoisotopic (exact) mass is 534 g/mol. The predicted octanol–water partition coefficient (Wildman–Crippen LogP) is 7.54. The number of aromatic nitrogens is 1. The number of benzene rings is 3. The largest absolute Gasteiger partial charge is 0.342 e. The van der Waals surface area contributed by atoms with Crippen LogP contribution < -0.4 is 5.32 Å². The molecule has 194 valence electrons. The maximum Gasteiger partial charge on any atom is 0.269 e. The quantitative estimate of drug-likeness (QED) is 0.133. The van der Waals surface area contributed by atoms with Crippen LogP contribution in [0.25, 0.3) is 10.9 Å². The summed E-state index contributed by atoms with van der Waals surface area (Å²) in [5, 5.41) is 15.9. The summed E-state index contributed by atoms with van der Waals surface area (Å²) in [5.74, 6) is -0.117. The highest BCUT2D eigenvalue weighted by molar-refractivity contribution is 7.16. The molecule has 1 aliphatic rings. The topological polar surface area (TPSA) is 89.5 Å². The van der Waals surface area contributed by atoms with Crippen molar-refractivity contribution < 1.29 is 9.72 Å². The minimum Gasteiger partial charge on any atom is -0.342 e. The Hall–Kier alpha value is -4.56. The smallest absolute Gasteiger partial charge is 0.269 e. The van der Waals surface area contributed by atoms with Gasteiger partial charge in [0.15, 0.2) is 0 Å². The van der Waals surface area contributed by atoms with Gasteiger partial charge in [0.05, 0.1) is 10.5 Å². The third kappa shape index (κ3) is 5.11. The maximum atomic E-state index is 13.4. The zero-order chi connectivity index (χ0) is 26.8. The zero-order valence-electron chi connectivity index (χ0n) is 21.2. The van der Waals surface area contributed by atoms with Gasteiger partial charge in [0.2, 0.25) is 0 Å². The summed E-state index contributed by atoms with van der Waals surface area (Å²) in [5.41, 5.74) is 5.63. The Bertz CT molecular complexity index is 1700. The minimum atomic E-state index is -0.389. The van der Waals surface area contributed by atoms with E-state index >= 15 is 0 Å². The normalized spacial score (nSPS) is 13.0. The molecule has 6 rings (SSSR count). The van der Waals surface area contributed by atoms with Gasteiger partial charge in [-0.25, -0.2) is 4.99 Å². The molecule has 7 nitrogen and oxygen atoms in total. The lowest BCUT2D eigenvalue weighted by molar-refractivity contribution is -0.384. The Morgan fingerprint density at radius 3 is 2.54 bits per heavy atom. The fraction of sp³-hybridized carbons (Fsp3) is 0.161. The molecule has 1 N–H and O–H groups in total. The Balaban J connectivity index is 1.34. The number of thiophene rings is 1. The number of nitrogens with one attached hydrogen (secondary N) is 1. The van der Waals surface area contributed by atoms with Crippen LogP contribution in [-0.2, 0) is 19.4 Å². The minimum absolute atomic E-state index is 0.0784. The maximum absolute atomic E-state index is 13.4. The second kappa shape index (κ2) is 10.7. The van der Waals surface area contributed by atoms with Gasteiger partial charge in [-0.1, -0.05) is 48.5 Å². The van der Waals surface area contributed by atoms with Crippen molar-refractivity contribution >= 4 is 50.7 Å². The van der Waals surface area contributed by atoms with Crippen LogP contribution in [0.2, 0.25) is 0 Å². The Morgan fingerprint density at radius 2 is 1.74 bits per heavy atom.